The summed E-state index contributed by atoms with van der Waals surface area (Å²) in [5.41, 5.74) is 1.41. The van der Waals surface area contributed by atoms with Crippen LogP contribution >= 0.6 is 11.6 Å². The van der Waals surface area contributed by atoms with Crippen LogP contribution in [0.4, 0.5) is 15.0 Å². The Balaban J connectivity index is 1.25. The van der Waals surface area contributed by atoms with Crippen molar-refractivity contribution in [2.45, 2.75) is 31.7 Å². The van der Waals surface area contributed by atoms with Crippen LogP contribution in [0.15, 0.2) is 79.5 Å². The van der Waals surface area contributed by atoms with Crippen molar-refractivity contribution < 1.29 is 18.7 Å². The molecule has 0 aliphatic heterocycles. The molecule has 0 bridgehead atoms. The number of rotatable bonds is 10. The van der Waals surface area contributed by atoms with Crippen molar-refractivity contribution in [1.82, 2.24) is 24.3 Å². The molecule has 3 heterocycles. The van der Waals surface area contributed by atoms with E-state index in [-0.39, 0.29) is 30.4 Å². The predicted octanol–water partition coefficient (Wildman–Crippen LogP) is 5.71. The number of nitrogens with zero attached hydrogens (tertiary/aromatic N) is 5. The molecule has 210 valence electrons. The molecule has 2 amide bonds. The van der Waals surface area contributed by atoms with Gasteiger partial charge in [0.15, 0.2) is 0 Å². The highest BCUT2D eigenvalue weighted by molar-refractivity contribution is 6.31. The van der Waals surface area contributed by atoms with E-state index in [1.807, 2.05) is 34.9 Å². The number of fused-ring (bicyclic) bond motifs is 2. The summed E-state index contributed by atoms with van der Waals surface area (Å²) in [7, 11) is 1.67. The summed E-state index contributed by atoms with van der Waals surface area (Å²) in [4.78, 5) is 40.3. The molecule has 0 unspecified atom stereocenters. The molecular formula is C30H28ClFN6O3. The van der Waals surface area contributed by atoms with Gasteiger partial charge in [-0.1, -0.05) is 48.0 Å². The fraction of sp³-hybridized carbons (Fsp3) is 0.233. The maximum Gasteiger partial charge on any atom is 0.412 e. The van der Waals surface area contributed by atoms with E-state index in [1.165, 1.54) is 6.07 Å². The number of imidazole rings is 1. The summed E-state index contributed by atoms with van der Waals surface area (Å²) >= 11 is 6.07. The van der Waals surface area contributed by atoms with Crippen LogP contribution < -0.4 is 5.32 Å². The van der Waals surface area contributed by atoms with Gasteiger partial charge in [0, 0.05) is 43.9 Å². The van der Waals surface area contributed by atoms with Crippen molar-refractivity contribution in [3.8, 4) is 0 Å². The third kappa shape index (κ3) is 6.78. The lowest BCUT2D eigenvalue weighted by Gasteiger charge is -2.28. The minimum absolute atomic E-state index is 0.0162. The Morgan fingerprint density at radius 2 is 1.90 bits per heavy atom. The average molecular weight is 575 g/mol. The first-order chi connectivity index (χ1) is 19.9. The van der Waals surface area contributed by atoms with Crippen LogP contribution in [0.2, 0.25) is 5.02 Å². The second kappa shape index (κ2) is 12.7. The molecule has 0 fully saturated rings. The maximum absolute atomic E-state index is 13.8. The fourth-order valence-corrected chi connectivity index (χ4v) is 4.82. The molecule has 0 aliphatic rings. The molecule has 11 heteroatoms. The quantitative estimate of drug-likeness (QED) is 0.229. The number of nitrogens with one attached hydrogen (secondary N) is 1. The van der Waals surface area contributed by atoms with Crippen LogP contribution in [0, 0.1) is 5.82 Å². The first kappa shape index (κ1) is 28.0. The SMILES string of the molecule is CN(C(=O)CCc1cccc(F)c1Cl)[C@@H](CCc1ncc2cnccn12)COC(=O)Nc1cc2ccccc2cn1. The normalized spacial score (nSPS) is 11.9. The smallest absolute Gasteiger partial charge is 0.412 e. The zero-order chi connectivity index (χ0) is 28.8. The van der Waals surface area contributed by atoms with Crippen molar-refractivity contribution in [2.75, 3.05) is 19.0 Å². The number of aromatic nitrogens is 4. The molecule has 2 aromatic carbocycles. The van der Waals surface area contributed by atoms with Gasteiger partial charge >= 0.3 is 6.09 Å². The number of carbonyl (C=O) groups is 2. The van der Waals surface area contributed by atoms with Crippen LogP contribution in [0.25, 0.3) is 16.3 Å². The van der Waals surface area contributed by atoms with Crippen LogP contribution in [0.5, 0.6) is 0 Å². The Morgan fingerprint density at radius 1 is 1.07 bits per heavy atom. The molecule has 3 aromatic heterocycles. The molecule has 5 rings (SSSR count). The Hall–Kier alpha value is -4.57. The van der Waals surface area contributed by atoms with Crippen molar-refractivity contribution in [2.24, 2.45) is 0 Å². The zero-order valence-corrected chi connectivity index (χ0v) is 23.1. The molecule has 0 radical (unpaired) electrons. The van der Waals surface area contributed by atoms with Crippen LogP contribution in [-0.4, -0.2) is 55.9 Å². The van der Waals surface area contributed by atoms with Gasteiger partial charge in [0.1, 0.15) is 24.1 Å². The number of likely N-dealkylation sites (N-methyl/N-ethyl adjacent to an activating group) is 1. The minimum Gasteiger partial charge on any atom is -0.447 e. The lowest BCUT2D eigenvalue weighted by Crippen LogP contribution is -2.41. The van der Waals surface area contributed by atoms with E-state index in [4.69, 9.17) is 16.3 Å². The van der Waals surface area contributed by atoms with Gasteiger partial charge in [-0.15, -0.1) is 0 Å². The van der Waals surface area contributed by atoms with Gasteiger partial charge in [-0.3, -0.25) is 15.1 Å². The Bertz CT molecular complexity index is 1690. The first-order valence-electron chi connectivity index (χ1n) is 13.1. The molecule has 0 saturated carbocycles. The lowest BCUT2D eigenvalue weighted by atomic mass is 10.1. The third-order valence-corrected chi connectivity index (χ3v) is 7.38. The number of aryl methyl sites for hydroxylation is 2. The van der Waals surface area contributed by atoms with Gasteiger partial charge in [-0.05, 0) is 35.9 Å². The van der Waals surface area contributed by atoms with E-state index < -0.39 is 18.0 Å². The van der Waals surface area contributed by atoms with Gasteiger partial charge < -0.3 is 14.0 Å². The van der Waals surface area contributed by atoms with E-state index in [1.54, 1.807) is 54.9 Å². The number of ether oxygens (including phenoxy) is 1. The first-order valence-corrected chi connectivity index (χ1v) is 13.5. The van der Waals surface area contributed by atoms with Crippen molar-refractivity contribution >= 4 is 45.7 Å². The lowest BCUT2D eigenvalue weighted by molar-refractivity contribution is -0.132. The zero-order valence-electron chi connectivity index (χ0n) is 22.3. The summed E-state index contributed by atoms with van der Waals surface area (Å²) in [6.07, 6.45) is 9.34. The largest absolute Gasteiger partial charge is 0.447 e. The highest BCUT2D eigenvalue weighted by atomic mass is 35.5. The van der Waals surface area contributed by atoms with Gasteiger partial charge in [-0.25, -0.2) is 19.2 Å². The number of carbonyl (C=O) groups excluding carboxylic acids is 2. The number of benzene rings is 2. The topological polar surface area (TPSA) is 102 Å². The molecule has 1 atom stereocenters. The van der Waals surface area contributed by atoms with Gasteiger partial charge in [0.05, 0.1) is 29.0 Å². The monoisotopic (exact) mass is 574 g/mol. The number of anilines is 1. The number of amides is 2. The number of pyridine rings is 1. The van der Waals surface area contributed by atoms with Gasteiger partial charge in [-0.2, -0.15) is 0 Å². The summed E-state index contributed by atoms with van der Waals surface area (Å²) in [5.74, 6) is 0.446. The highest BCUT2D eigenvalue weighted by Crippen LogP contribution is 2.22. The molecule has 9 nitrogen and oxygen atoms in total. The summed E-state index contributed by atoms with van der Waals surface area (Å²) in [5, 5.41) is 4.56. The van der Waals surface area contributed by atoms with Crippen molar-refractivity contribution in [3.05, 3.63) is 102 Å². The summed E-state index contributed by atoms with van der Waals surface area (Å²) < 4.78 is 21.3. The van der Waals surface area contributed by atoms with Crippen LogP contribution in [-0.2, 0) is 22.4 Å². The molecule has 0 spiro atoms. The predicted molar refractivity (Wildman–Crippen MR) is 154 cm³/mol. The van der Waals surface area contributed by atoms with Crippen molar-refractivity contribution in [1.29, 1.82) is 0 Å². The third-order valence-electron chi connectivity index (χ3n) is 6.96. The summed E-state index contributed by atoms with van der Waals surface area (Å²) in [6, 6.07) is 13.5. The molecule has 41 heavy (non-hydrogen) atoms. The maximum atomic E-state index is 13.8. The second-order valence-corrected chi connectivity index (χ2v) is 9.97. The van der Waals surface area contributed by atoms with Gasteiger partial charge in [0.2, 0.25) is 5.91 Å². The minimum atomic E-state index is -0.678. The molecular weight excluding hydrogens is 547 g/mol. The Morgan fingerprint density at radius 3 is 2.76 bits per heavy atom. The Labute approximate surface area is 241 Å². The fourth-order valence-electron chi connectivity index (χ4n) is 4.60. The van der Waals surface area contributed by atoms with E-state index in [0.29, 0.717) is 24.2 Å². The van der Waals surface area contributed by atoms with Crippen LogP contribution in [0.1, 0.15) is 24.2 Å². The highest BCUT2D eigenvalue weighted by Gasteiger charge is 2.23. The summed E-state index contributed by atoms with van der Waals surface area (Å²) in [6.45, 7) is -0.0484. The van der Waals surface area contributed by atoms with Gasteiger partial charge in [0.25, 0.3) is 0 Å². The van der Waals surface area contributed by atoms with E-state index in [2.05, 4.69) is 20.3 Å². The van der Waals surface area contributed by atoms with E-state index in [0.717, 1.165) is 22.1 Å². The second-order valence-electron chi connectivity index (χ2n) is 9.60. The number of hydrogen-bond acceptors (Lipinski definition) is 6. The Kier molecular flexibility index (Phi) is 8.69. The molecule has 5 aromatic rings. The number of hydrogen-bond donors (Lipinski definition) is 1. The molecule has 0 saturated heterocycles. The molecule has 1 N–H and O–H groups in total. The van der Waals surface area contributed by atoms with E-state index >= 15 is 0 Å². The van der Waals surface area contributed by atoms with E-state index in [9.17, 15) is 14.0 Å². The standard InChI is InChI=1S/C30H28ClFN6O3/c1-37(28(39)12-9-20-7-4-8-25(32)29(20)31)23(10-11-27-35-18-24-17-33-13-14-38(24)27)19-41-30(40)36-26-15-21-5-2-3-6-22(21)16-34-26/h2-8,13-18,23H,9-12,19H2,1H3,(H,34,36,40)/t23-/m0/s1. The number of halogens is 2. The van der Waals surface area contributed by atoms with Crippen LogP contribution in [0.3, 0.4) is 0 Å². The average Bonchev–Trinajstić information content (AvgIpc) is 3.40. The van der Waals surface area contributed by atoms with Crippen molar-refractivity contribution in [3.63, 3.8) is 0 Å². The molecule has 0 aliphatic carbocycles.